The maximum atomic E-state index is 10.7. The van der Waals surface area contributed by atoms with E-state index in [0.717, 1.165) is 5.56 Å². The average molecular weight is 304 g/mol. The molecule has 3 nitrogen and oxygen atoms in total. The van der Waals surface area contributed by atoms with E-state index in [1.807, 2.05) is 6.07 Å². The van der Waals surface area contributed by atoms with Gasteiger partial charge in [0.1, 0.15) is 0 Å². The number of carboxylic acid groups (broad SMARTS) is 1. The van der Waals surface area contributed by atoms with Crippen LogP contribution in [0.5, 0.6) is 0 Å². The molecule has 0 bridgehead atoms. The second-order valence-electron chi connectivity index (χ2n) is 2.39. The predicted molar refractivity (Wildman–Crippen MR) is 51.3 cm³/mol. The first-order valence-electron chi connectivity index (χ1n) is 3.50. The molecule has 1 N–H and O–H groups in total. The van der Waals surface area contributed by atoms with Gasteiger partial charge in [0.15, 0.2) is 0 Å². The summed E-state index contributed by atoms with van der Waals surface area (Å²) < 4.78 is 0. The standard InChI is InChI=1S/C9H8O3.Ba.2H/c10-8(9(11)12)6-7-4-2-1-3-5-7;;;/h1-5H,6H2,(H,11,12);;;. The van der Waals surface area contributed by atoms with Gasteiger partial charge in [0.2, 0.25) is 5.78 Å². The van der Waals surface area contributed by atoms with Gasteiger partial charge in [0.25, 0.3) is 0 Å². The molecule has 0 saturated carbocycles. The molecule has 0 aromatic heterocycles. The number of aliphatic carboxylic acids is 1. The Kier molecular flexibility index (Phi) is 6.36. The van der Waals surface area contributed by atoms with Crippen LogP contribution in [0.1, 0.15) is 5.56 Å². The van der Waals surface area contributed by atoms with Gasteiger partial charge in [-0.1, -0.05) is 30.3 Å². The van der Waals surface area contributed by atoms with Crippen molar-refractivity contribution in [2.45, 2.75) is 6.42 Å². The van der Waals surface area contributed by atoms with Crippen LogP contribution in [0.4, 0.5) is 0 Å². The molecule has 0 amide bonds. The SMILES string of the molecule is O=C(O)C(=O)Cc1ccccc1.[BaH2]. The molecule has 1 aromatic rings. The molecule has 66 valence electrons. The van der Waals surface area contributed by atoms with Gasteiger partial charge in [0, 0.05) is 6.42 Å². The zero-order valence-corrected chi connectivity index (χ0v) is 6.36. The Morgan fingerprint density at radius 1 is 1.15 bits per heavy atom. The summed E-state index contributed by atoms with van der Waals surface area (Å²) in [6.07, 6.45) is -0.0316. The Hall–Kier alpha value is -0.0686. The summed E-state index contributed by atoms with van der Waals surface area (Å²) in [6, 6.07) is 8.80. The monoisotopic (exact) mass is 304 g/mol. The topological polar surface area (TPSA) is 54.4 Å². The van der Waals surface area contributed by atoms with Crippen molar-refractivity contribution < 1.29 is 14.7 Å². The van der Waals surface area contributed by atoms with Gasteiger partial charge in [-0.2, -0.15) is 0 Å². The van der Waals surface area contributed by atoms with Crippen molar-refractivity contribution in [3.63, 3.8) is 0 Å². The number of benzene rings is 1. The molecule has 0 aliphatic carbocycles. The van der Waals surface area contributed by atoms with E-state index < -0.39 is 11.8 Å². The fourth-order valence-electron chi connectivity index (χ4n) is 0.857. The molecule has 0 aliphatic rings. The predicted octanol–water partition coefficient (Wildman–Crippen LogP) is -0.0334. The first-order chi connectivity index (χ1) is 5.70. The second-order valence-corrected chi connectivity index (χ2v) is 2.39. The Balaban J connectivity index is 0.00000144. The summed E-state index contributed by atoms with van der Waals surface area (Å²) in [5.41, 5.74) is 0.727. The van der Waals surface area contributed by atoms with Gasteiger partial charge in [-0.05, 0) is 5.56 Å². The third-order valence-corrected chi connectivity index (χ3v) is 1.45. The summed E-state index contributed by atoms with van der Waals surface area (Å²) in [5.74, 6) is -2.15. The van der Waals surface area contributed by atoms with Crippen LogP contribution < -0.4 is 0 Å². The molecule has 13 heavy (non-hydrogen) atoms. The summed E-state index contributed by atoms with van der Waals surface area (Å²) in [4.78, 5) is 20.9. The van der Waals surface area contributed by atoms with E-state index >= 15 is 0 Å². The first kappa shape index (κ1) is 12.9. The van der Waals surface area contributed by atoms with Gasteiger partial charge in [0.05, 0.1) is 0 Å². The van der Waals surface area contributed by atoms with Crippen LogP contribution in [0.25, 0.3) is 0 Å². The summed E-state index contributed by atoms with van der Waals surface area (Å²) in [7, 11) is 0. The third-order valence-electron chi connectivity index (χ3n) is 1.45. The van der Waals surface area contributed by atoms with Crippen molar-refractivity contribution in [1.82, 2.24) is 0 Å². The van der Waals surface area contributed by atoms with Crippen molar-refractivity contribution in [1.29, 1.82) is 0 Å². The van der Waals surface area contributed by atoms with Crippen LogP contribution in [0.3, 0.4) is 0 Å². The molecule has 0 unspecified atom stereocenters. The van der Waals surface area contributed by atoms with Crippen LogP contribution >= 0.6 is 0 Å². The third kappa shape index (κ3) is 4.64. The Morgan fingerprint density at radius 3 is 2.15 bits per heavy atom. The molecule has 4 heteroatoms. The quantitative estimate of drug-likeness (QED) is 0.630. The molecule has 1 rings (SSSR count). The zero-order valence-electron chi connectivity index (χ0n) is 6.36. The molecule has 0 fully saturated rings. The number of Topliss-reactive ketones (excluding diaryl/α,β-unsaturated/α-hetero) is 1. The molecule has 0 atom stereocenters. The van der Waals surface area contributed by atoms with E-state index in [-0.39, 0.29) is 55.3 Å². The number of hydrogen-bond donors (Lipinski definition) is 1. The van der Waals surface area contributed by atoms with Crippen molar-refractivity contribution >= 4 is 60.6 Å². The average Bonchev–Trinajstić information content (AvgIpc) is 2.06. The van der Waals surface area contributed by atoms with Crippen molar-refractivity contribution in [3.05, 3.63) is 35.9 Å². The minimum atomic E-state index is -1.38. The molecule has 0 spiro atoms. The van der Waals surface area contributed by atoms with Gasteiger partial charge >= 0.3 is 54.9 Å². The number of rotatable bonds is 3. The van der Waals surface area contributed by atoms with E-state index in [2.05, 4.69) is 0 Å². The van der Waals surface area contributed by atoms with Crippen LogP contribution in [0, 0.1) is 0 Å². The Bertz CT molecular complexity index is 295. The van der Waals surface area contributed by atoms with Gasteiger partial charge in [-0.15, -0.1) is 0 Å². The fourth-order valence-corrected chi connectivity index (χ4v) is 0.857. The van der Waals surface area contributed by atoms with Crippen LogP contribution in [-0.2, 0) is 16.0 Å². The number of carbonyl (C=O) groups excluding carboxylic acids is 1. The number of hydrogen-bond acceptors (Lipinski definition) is 2. The number of carbonyl (C=O) groups is 2. The van der Waals surface area contributed by atoms with E-state index in [9.17, 15) is 9.59 Å². The van der Waals surface area contributed by atoms with Crippen LogP contribution in [0.15, 0.2) is 30.3 Å². The molecular formula is C9H10BaO3. The molecule has 0 radical (unpaired) electrons. The maximum absolute atomic E-state index is 10.7. The van der Waals surface area contributed by atoms with E-state index in [1.54, 1.807) is 24.3 Å². The zero-order chi connectivity index (χ0) is 8.97. The normalized spacial score (nSPS) is 8.62. The molecule has 0 aliphatic heterocycles. The number of carboxylic acids is 1. The molecule has 0 heterocycles. The van der Waals surface area contributed by atoms with Gasteiger partial charge in [-0.3, -0.25) is 4.79 Å². The van der Waals surface area contributed by atoms with Crippen molar-refractivity contribution in [3.8, 4) is 0 Å². The van der Waals surface area contributed by atoms with Gasteiger partial charge in [-0.25, -0.2) is 4.79 Å². The first-order valence-corrected chi connectivity index (χ1v) is 3.50. The van der Waals surface area contributed by atoms with E-state index in [4.69, 9.17) is 5.11 Å². The van der Waals surface area contributed by atoms with E-state index in [0.29, 0.717) is 0 Å². The fraction of sp³-hybridized carbons (Fsp3) is 0.111. The Labute approximate surface area is 116 Å². The minimum absolute atomic E-state index is 0. The summed E-state index contributed by atoms with van der Waals surface area (Å²) in [6.45, 7) is 0. The van der Waals surface area contributed by atoms with E-state index in [1.165, 1.54) is 0 Å². The number of ketones is 1. The summed E-state index contributed by atoms with van der Waals surface area (Å²) in [5, 5.41) is 8.29. The van der Waals surface area contributed by atoms with Gasteiger partial charge < -0.3 is 5.11 Å². The molecule has 0 saturated heterocycles. The van der Waals surface area contributed by atoms with Crippen molar-refractivity contribution in [2.24, 2.45) is 0 Å². The van der Waals surface area contributed by atoms with Crippen LogP contribution in [0.2, 0.25) is 0 Å². The molecular weight excluding hydrogens is 293 g/mol. The second kappa shape index (κ2) is 6.40. The summed E-state index contributed by atoms with van der Waals surface area (Å²) >= 11 is 0. The van der Waals surface area contributed by atoms with Crippen LogP contribution in [-0.4, -0.2) is 65.7 Å². The Morgan fingerprint density at radius 2 is 1.69 bits per heavy atom. The van der Waals surface area contributed by atoms with Crippen molar-refractivity contribution in [2.75, 3.05) is 0 Å². The molecule has 1 aromatic carbocycles.